The lowest BCUT2D eigenvalue weighted by Gasteiger charge is -2.33. The molecule has 34 heavy (non-hydrogen) atoms. The van der Waals surface area contributed by atoms with E-state index in [4.69, 9.17) is 4.98 Å². The number of nitrogens with zero attached hydrogens (tertiary/aromatic N) is 3. The highest BCUT2D eigenvalue weighted by Crippen LogP contribution is 2.27. The van der Waals surface area contributed by atoms with Crippen molar-refractivity contribution in [1.29, 1.82) is 0 Å². The van der Waals surface area contributed by atoms with Crippen LogP contribution in [0.2, 0.25) is 0 Å². The number of rotatable bonds is 7. The van der Waals surface area contributed by atoms with Crippen LogP contribution < -0.4 is 10.2 Å². The Balaban J connectivity index is 1.31. The molecule has 1 unspecified atom stereocenters. The highest BCUT2D eigenvalue weighted by Gasteiger charge is 2.28. The first kappa shape index (κ1) is 22.1. The number of piperidine rings is 1. The molecule has 1 fully saturated rings. The largest absolute Gasteiger partial charge is 0.352 e. The van der Waals surface area contributed by atoms with E-state index in [9.17, 15) is 9.18 Å². The Morgan fingerprint density at radius 3 is 2.56 bits per heavy atom. The van der Waals surface area contributed by atoms with Crippen LogP contribution in [0.5, 0.6) is 0 Å². The number of aryl methyl sites for hydroxylation is 2. The van der Waals surface area contributed by atoms with E-state index in [0.717, 1.165) is 54.9 Å². The van der Waals surface area contributed by atoms with E-state index in [1.54, 1.807) is 12.1 Å². The molecule has 0 aliphatic carbocycles. The normalized spacial score (nSPS) is 16.0. The highest BCUT2D eigenvalue weighted by molar-refractivity contribution is 5.81. The Morgan fingerprint density at radius 1 is 0.971 bits per heavy atom. The molecule has 4 aromatic rings. The zero-order valence-electron chi connectivity index (χ0n) is 19.2. The number of imidazole rings is 1. The minimum Gasteiger partial charge on any atom is -0.352 e. The first-order valence-electron chi connectivity index (χ1n) is 11.9. The van der Waals surface area contributed by atoms with E-state index >= 15 is 0 Å². The van der Waals surface area contributed by atoms with Gasteiger partial charge in [-0.3, -0.25) is 4.79 Å². The average Bonchev–Trinajstić information content (AvgIpc) is 3.26. The first-order chi connectivity index (χ1) is 16.7. The molecule has 1 aromatic heterocycles. The van der Waals surface area contributed by atoms with Crippen LogP contribution in [0.15, 0.2) is 78.9 Å². The fourth-order valence-electron chi connectivity index (χ4n) is 4.72. The van der Waals surface area contributed by atoms with Gasteiger partial charge in [0, 0.05) is 26.2 Å². The van der Waals surface area contributed by atoms with Crippen molar-refractivity contribution in [1.82, 2.24) is 14.9 Å². The van der Waals surface area contributed by atoms with E-state index in [1.165, 1.54) is 17.7 Å². The van der Waals surface area contributed by atoms with Crippen LogP contribution in [0.3, 0.4) is 0 Å². The van der Waals surface area contributed by atoms with E-state index in [2.05, 4.69) is 57.2 Å². The highest BCUT2D eigenvalue weighted by atomic mass is 19.1. The summed E-state index contributed by atoms with van der Waals surface area (Å²) in [5.41, 5.74) is 4.29. The standard InChI is InChI=1S/C28H29FN4O/c29-24-14-12-22(13-15-24)19-30-27(34)23-9-6-17-32(20-23)28-31-25-10-4-5-11-26(25)33(28)18-16-21-7-2-1-3-8-21/h1-5,7-8,10-15,23H,6,9,16-20H2,(H,30,34). The zero-order valence-corrected chi connectivity index (χ0v) is 19.2. The third kappa shape index (κ3) is 4.96. The van der Waals surface area contributed by atoms with Gasteiger partial charge in [-0.2, -0.15) is 0 Å². The van der Waals surface area contributed by atoms with Crippen molar-refractivity contribution in [3.63, 3.8) is 0 Å². The number of aromatic nitrogens is 2. The molecule has 1 aliphatic heterocycles. The summed E-state index contributed by atoms with van der Waals surface area (Å²) in [5.74, 6) is 0.610. The number of benzene rings is 3. The van der Waals surface area contributed by atoms with Crippen molar-refractivity contribution in [2.45, 2.75) is 32.4 Å². The fraction of sp³-hybridized carbons (Fsp3) is 0.286. The van der Waals surface area contributed by atoms with Gasteiger partial charge in [0.25, 0.3) is 0 Å². The van der Waals surface area contributed by atoms with Gasteiger partial charge < -0.3 is 14.8 Å². The Hall–Kier alpha value is -3.67. The second-order valence-electron chi connectivity index (χ2n) is 8.92. The second-order valence-corrected chi connectivity index (χ2v) is 8.92. The molecule has 6 heteroatoms. The van der Waals surface area contributed by atoms with Crippen LogP contribution in [0, 0.1) is 11.7 Å². The quantitative estimate of drug-likeness (QED) is 0.428. The smallest absolute Gasteiger partial charge is 0.225 e. The van der Waals surface area contributed by atoms with Crippen LogP contribution >= 0.6 is 0 Å². The Kier molecular flexibility index (Phi) is 6.56. The van der Waals surface area contributed by atoms with Gasteiger partial charge in [-0.25, -0.2) is 9.37 Å². The number of hydrogen-bond donors (Lipinski definition) is 1. The van der Waals surface area contributed by atoms with Gasteiger partial charge in [0.2, 0.25) is 11.9 Å². The summed E-state index contributed by atoms with van der Waals surface area (Å²) in [6, 6.07) is 25.0. The maximum absolute atomic E-state index is 13.1. The molecule has 3 aromatic carbocycles. The van der Waals surface area contributed by atoms with E-state index in [-0.39, 0.29) is 17.6 Å². The number of anilines is 1. The van der Waals surface area contributed by atoms with Crippen LogP contribution in [-0.2, 0) is 24.3 Å². The Bertz CT molecular complexity index is 1250. The van der Waals surface area contributed by atoms with Crippen molar-refractivity contribution < 1.29 is 9.18 Å². The minimum atomic E-state index is -0.270. The predicted molar refractivity (Wildman–Crippen MR) is 133 cm³/mol. The summed E-state index contributed by atoms with van der Waals surface area (Å²) in [6.45, 7) is 2.77. The van der Waals surface area contributed by atoms with Crippen LogP contribution in [0.25, 0.3) is 11.0 Å². The molecule has 0 saturated carbocycles. The summed E-state index contributed by atoms with van der Waals surface area (Å²) in [7, 11) is 0. The van der Waals surface area contributed by atoms with Gasteiger partial charge in [0.15, 0.2) is 0 Å². The minimum absolute atomic E-state index is 0.0426. The van der Waals surface area contributed by atoms with Gasteiger partial charge in [0.05, 0.1) is 17.0 Å². The average molecular weight is 457 g/mol. The Morgan fingerprint density at radius 2 is 1.74 bits per heavy atom. The van der Waals surface area contributed by atoms with Crippen molar-refractivity contribution in [2.24, 2.45) is 5.92 Å². The first-order valence-corrected chi connectivity index (χ1v) is 11.9. The SMILES string of the molecule is O=C(NCc1ccc(F)cc1)C1CCCN(c2nc3ccccc3n2CCc2ccccc2)C1. The molecular weight excluding hydrogens is 427 g/mol. The van der Waals surface area contributed by atoms with Crippen molar-refractivity contribution in [2.75, 3.05) is 18.0 Å². The molecule has 2 heterocycles. The molecule has 1 aliphatic rings. The van der Waals surface area contributed by atoms with Gasteiger partial charge in [-0.05, 0) is 54.7 Å². The van der Waals surface area contributed by atoms with E-state index < -0.39 is 0 Å². The van der Waals surface area contributed by atoms with E-state index in [0.29, 0.717) is 13.1 Å². The molecule has 174 valence electrons. The van der Waals surface area contributed by atoms with Gasteiger partial charge >= 0.3 is 0 Å². The molecule has 1 N–H and O–H groups in total. The summed E-state index contributed by atoms with van der Waals surface area (Å²) in [6.07, 6.45) is 2.72. The number of nitrogens with one attached hydrogen (secondary N) is 1. The van der Waals surface area contributed by atoms with Crippen LogP contribution in [-0.4, -0.2) is 28.5 Å². The van der Waals surface area contributed by atoms with Gasteiger partial charge in [-0.15, -0.1) is 0 Å². The molecule has 1 saturated heterocycles. The fourth-order valence-corrected chi connectivity index (χ4v) is 4.72. The zero-order chi connectivity index (χ0) is 23.3. The molecule has 1 atom stereocenters. The predicted octanol–water partition coefficient (Wildman–Crippen LogP) is 4.95. The summed E-state index contributed by atoms with van der Waals surface area (Å²) in [4.78, 5) is 20.2. The third-order valence-electron chi connectivity index (χ3n) is 6.56. The summed E-state index contributed by atoms with van der Waals surface area (Å²) >= 11 is 0. The molecular formula is C28H29FN4O. The number of carbonyl (C=O) groups is 1. The number of para-hydroxylation sites is 2. The van der Waals surface area contributed by atoms with E-state index in [1.807, 2.05) is 12.1 Å². The molecule has 5 rings (SSSR count). The maximum Gasteiger partial charge on any atom is 0.225 e. The third-order valence-corrected chi connectivity index (χ3v) is 6.56. The number of carbonyl (C=O) groups excluding carboxylic acids is 1. The molecule has 0 bridgehead atoms. The second kappa shape index (κ2) is 10.1. The van der Waals surface area contributed by atoms with Crippen molar-refractivity contribution >= 4 is 22.9 Å². The lowest BCUT2D eigenvalue weighted by molar-refractivity contribution is -0.125. The lowest BCUT2D eigenvalue weighted by atomic mass is 9.97. The number of halogens is 1. The maximum atomic E-state index is 13.1. The monoisotopic (exact) mass is 456 g/mol. The van der Waals surface area contributed by atoms with Crippen molar-refractivity contribution in [3.8, 4) is 0 Å². The van der Waals surface area contributed by atoms with Gasteiger partial charge in [-0.1, -0.05) is 54.6 Å². The summed E-state index contributed by atoms with van der Waals surface area (Å²) in [5, 5.41) is 3.03. The topological polar surface area (TPSA) is 50.2 Å². The van der Waals surface area contributed by atoms with Gasteiger partial charge in [0.1, 0.15) is 5.82 Å². The number of hydrogen-bond acceptors (Lipinski definition) is 3. The van der Waals surface area contributed by atoms with Crippen LogP contribution in [0.4, 0.5) is 10.3 Å². The molecule has 0 radical (unpaired) electrons. The molecule has 1 amide bonds. The molecule has 0 spiro atoms. The number of fused-ring (bicyclic) bond motifs is 1. The van der Waals surface area contributed by atoms with Crippen LogP contribution in [0.1, 0.15) is 24.0 Å². The molecule has 5 nitrogen and oxygen atoms in total. The summed E-state index contributed by atoms with van der Waals surface area (Å²) < 4.78 is 15.4. The number of amides is 1. The lowest BCUT2D eigenvalue weighted by Crippen LogP contribution is -2.43. The van der Waals surface area contributed by atoms with Crippen molar-refractivity contribution in [3.05, 3.63) is 95.8 Å². The Labute approximate surface area is 199 Å².